The fourth-order valence-electron chi connectivity index (χ4n) is 12.1. The molecule has 0 heterocycles. The molecule has 0 bridgehead atoms. The lowest BCUT2D eigenvalue weighted by Gasteiger charge is -2.68. The Morgan fingerprint density at radius 3 is 2.02 bits per heavy atom. The molecule has 0 saturated heterocycles. The fraction of sp³-hybridized carbons (Fsp3) is 0.902. The van der Waals surface area contributed by atoms with Crippen LogP contribution >= 0.6 is 0 Å². The van der Waals surface area contributed by atoms with Crippen molar-refractivity contribution in [2.75, 3.05) is 13.2 Å². The summed E-state index contributed by atoms with van der Waals surface area (Å²) in [5, 5.41) is 11.7. The molecule has 266 valence electrons. The minimum atomic E-state index is -0.192. The predicted octanol–water partition coefficient (Wildman–Crippen LogP) is 9.62. The summed E-state index contributed by atoms with van der Waals surface area (Å²) >= 11 is 0. The van der Waals surface area contributed by atoms with Crippen molar-refractivity contribution < 1.29 is 19.4 Å². The van der Waals surface area contributed by atoms with Gasteiger partial charge in [-0.25, -0.2) is 0 Å². The Balaban J connectivity index is 0.000000752. The van der Waals surface area contributed by atoms with E-state index in [2.05, 4.69) is 67.3 Å². The lowest BCUT2D eigenvalue weighted by Crippen LogP contribution is -2.62. The summed E-state index contributed by atoms with van der Waals surface area (Å²) in [5.74, 6) is 5.56. The van der Waals surface area contributed by atoms with E-state index >= 15 is 0 Å². The van der Waals surface area contributed by atoms with Crippen molar-refractivity contribution in [3.05, 3.63) is 12.2 Å². The molecule has 11 atom stereocenters. The van der Waals surface area contributed by atoms with Crippen LogP contribution in [0.1, 0.15) is 147 Å². The second kappa shape index (κ2) is 15.5. The number of esters is 1. The normalized spacial score (nSPS) is 41.0. The molecule has 46 heavy (non-hydrogen) atoms. The van der Waals surface area contributed by atoms with Crippen LogP contribution in [0.2, 0.25) is 0 Å². The number of aliphatic hydroxyl groups excluding tert-OH is 1. The zero-order chi connectivity index (χ0) is 33.3. The first-order valence-electron chi connectivity index (χ1n) is 18.8. The van der Waals surface area contributed by atoms with Crippen LogP contribution in [-0.4, -0.2) is 36.2 Å². The van der Waals surface area contributed by atoms with Gasteiger partial charge in [-0.1, -0.05) is 68.0 Å². The number of carbonyl (C=O) groups excluding carboxylic acids is 2. The summed E-state index contributed by atoms with van der Waals surface area (Å²) in [5.41, 5.74) is 1.77. The molecule has 5 nitrogen and oxygen atoms in total. The molecule has 6 unspecified atom stereocenters. The highest BCUT2D eigenvalue weighted by atomic mass is 16.5. The van der Waals surface area contributed by atoms with E-state index in [9.17, 15) is 9.59 Å². The molecule has 0 aromatic carbocycles. The second-order valence-electron chi connectivity index (χ2n) is 17.7. The van der Waals surface area contributed by atoms with Crippen LogP contribution in [0, 0.1) is 69.5 Å². The average Bonchev–Trinajstić information content (AvgIpc) is 3.36. The Hall–Kier alpha value is -1.36. The SMILES string of the molecule is C.C=C(C)C1CC[C@]2(C(=O)NCCC(C)C)CCC3C(CCC4[C@@]3(C)CCC3[C@@H](C)[C@@H](OC(C)=O)CC[C@@]34C)C12.CC(C)CCO. The van der Waals surface area contributed by atoms with Gasteiger partial charge in [0, 0.05) is 20.1 Å². The Labute approximate surface area is 283 Å². The third-order valence-electron chi connectivity index (χ3n) is 14.2. The molecule has 0 spiro atoms. The van der Waals surface area contributed by atoms with Gasteiger partial charge in [-0.15, -0.1) is 0 Å². The van der Waals surface area contributed by atoms with Crippen molar-refractivity contribution in [3.8, 4) is 0 Å². The number of fused-ring (bicyclic) bond motifs is 7. The molecule has 0 aliphatic heterocycles. The van der Waals surface area contributed by atoms with Crippen molar-refractivity contribution in [1.82, 2.24) is 5.32 Å². The molecule has 0 aromatic heterocycles. The van der Waals surface area contributed by atoms with Crippen LogP contribution in [0.3, 0.4) is 0 Å². The number of aliphatic hydroxyl groups is 1. The Bertz CT molecular complexity index is 1050. The van der Waals surface area contributed by atoms with Gasteiger partial charge in [0.25, 0.3) is 0 Å². The van der Waals surface area contributed by atoms with Crippen LogP contribution in [0.4, 0.5) is 0 Å². The van der Waals surface area contributed by atoms with Gasteiger partial charge in [0.05, 0.1) is 5.41 Å². The summed E-state index contributed by atoms with van der Waals surface area (Å²) < 4.78 is 5.82. The van der Waals surface area contributed by atoms with Gasteiger partial charge in [0.1, 0.15) is 6.10 Å². The van der Waals surface area contributed by atoms with Crippen LogP contribution in [-0.2, 0) is 14.3 Å². The number of allylic oxidation sites excluding steroid dienone is 1. The van der Waals surface area contributed by atoms with E-state index in [1.807, 2.05) is 0 Å². The number of ether oxygens (including phenoxy) is 1. The maximum Gasteiger partial charge on any atom is 0.302 e. The van der Waals surface area contributed by atoms with Crippen LogP contribution < -0.4 is 5.32 Å². The molecular weight excluding hydrogens is 570 g/mol. The smallest absolute Gasteiger partial charge is 0.302 e. The molecule has 1 amide bonds. The van der Waals surface area contributed by atoms with Crippen molar-refractivity contribution >= 4 is 11.9 Å². The molecule has 5 heteroatoms. The highest BCUT2D eigenvalue weighted by molar-refractivity contribution is 5.83. The Morgan fingerprint density at radius 1 is 0.870 bits per heavy atom. The number of rotatable bonds is 8. The first kappa shape index (κ1) is 39.1. The Morgan fingerprint density at radius 2 is 1.46 bits per heavy atom. The zero-order valence-corrected chi connectivity index (χ0v) is 30.6. The highest BCUT2D eigenvalue weighted by Crippen LogP contribution is 2.72. The number of hydrogen-bond donors (Lipinski definition) is 2. The van der Waals surface area contributed by atoms with E-state index in [-0.39, 0.29) is 24.9 Å². The van der Waals surface area contributed by atoms with Crippen molar-refractivity contribution in [2.45, 2.75) is 153 Å². The van der Waals surface area contributed by atoms with Crippen LogP contribution in [0.5, 0.6) is 0 Å². The molecular formula is C41H73NO4. The van der Waals surface area contributed by atoms with E-state index < -0.39 is 0 Å². The van der Waals surface area contributed by atoms with Crippen molar-refractivity contribution in [1.29, 1.82) is 0 Å². The monoisotopic (exact) mass is 644 g/mol. The van der Waals surface area contributed by atoms with Gasteiger partial charge < -0.3 is 15.2 Å². The van der Waals surface area contributed by atoms with Gasteiger partial charge in [-0.05, 0) is 148 Å². The number of carbonyl (C=O) groups is 2. The predicted molar refractivity (Wildman–Crippen MR) is 191 cm³/mol. The first-order chi connectivity index (χ1) is 21.1. The van der Waals surface area contributed by atoms with Gasteiger partial charge in [0.15, 0.2) is 0 Å². The molecule has 5 fully saturated rings. The van der Waals surface area contributed by atoms with Gasteiger partial charge in [0.2, 0.25) is 5.91 Å². The summed E-state index contributed by atoms with van der Waals surface area (Å²) in [6.45, 7) is 25.7. The van der Waals surface area contributed by atoms with Crippen molar-refractivity contribution in [3.63, 3.8) is 0 Å². The van der Waals surface area contributed by atoms with E-state index in [1.54, 1.807) is 6.92 Å². The number of hydrogen-bond acceptors (Lipinski definition) is 4. The molecule has 2 N–H and O–H groups in total. The first-order valence-corrected chi connectivity index (χ1v) is 18.8. The minimum Gasteiger partial charge on any atom is -0.462 e. The van der Waals surface area contributed by atoms with Gasteiger partial charge in [-0.3, -0.25) is 9.59 Å². The maximum absolute atomic E-state index is 14.0. The topological polar surface area (TPSA) is 75.6 Å². The largest absolute Gasteiger partial charge is 0.462 e. The minimum absolute atomic E-state index is 0. The van der Waals surface area contributed by atoms with E-state index in [1.165, 1.54) is 44.1 Å². The standard InChI is InChI=1S/C35H57NO3.C5H12O.CH4/c1-21(2)15-20-36-32(38)35-18-11-25(22(3)4)31(35)26-9-10-30-33(7)17-14-29(39-24(6)37)23(5)27(33)12-16-34(30,8)28(26)13-19-35;1-5(2)3-4-6;/h21,23,25-31H,3,9-20H2,1-2,4-8H3,(H,36,38);5-6H,3-4H2,1-2H3;1H4/t23-,25?,26?,27?,28?,29+,30?,31?,33+,34+,35+;;/m1../s1. The number of amides is 1. The quantitative estimate of drug-likeness (QED) is 0.204. The third kappa shape index (κ3) is 7.30. The third-order valence-corrected chi connectivity index (χ3v) is 14.2. The highest BCUT2D eigenvalue weighted by Gasteiger charge is 2.67. The lowest BCUT2D eigenvalue weighted by atomic mass is 9.37. The van der Waals surface area contributed by atoms with Crippen LogP contribution in [0.25, 0.3) is 0 Å². The Kier molecular flexibility index (Phi) is 13.1. The summed E-state index contributed by atoms with van der Waals surface area (Å²) in [7, 11) is 0. The van der Waals surface area contributed by atoms with E-state index in [0.717, 1.165) is 51.0 Å². The average molecular weight is 644 g/mol. The van der Waals surface area contributed by atoms with Crippen molar-refractivity contribution in [2.24, 2.45) is 69.5 Å². The summed E-state index contributed by atoms with van der Waals surface area (Å²) in [6, 6.07) is 0. The zero-order valence-electron chi connectivity index (χ0n) is 30.6. The second-order valence-corrected chi connectivity index (χ2v) is 17.7. The summed E-state index contributed by atoms with van der Waals surface area (Å²) in [4.78, 5) is 25.8. The fourth-order valence-corrected chi connectivity index (χ4v) is 12.1. The summed E-state index contributed by atoms with van der Waals surface area (Å²) in [6.07, 6.45) is 13.8. The molecule has 0 aromatic rings. The molecule has 0 radical (unpaired) electrons. The molecule has 5 aliphatic rings. The number of nitrogens with one attached hydrogen (secondary N) is 1. The molecule has 5 aliphatic carbocycles. The van der Waals surface area contributed by atoms with E-state index in [0.29, 0.717) is 70.7 Å². The van der Waals surface area contributed by atoms with Crippen LogP contribution in [0.15, 0.2) is 12.2 Å². The van der Waals surface area contributed by atoms with Gasteiger partial charge in [-0.2, -0.15) is 0 Å². The molecule has 5 saturated carbocycles. The van der Waals surface area contributed by atoms with Gasteiger partial charge >= 0.3 is 5.97 Å². The lowest BCUT2D eigenvalue weighted by molar-refractivity contribution is -0.203. The molecule has 5 rings (SSSR count). The maximum atomic E-state index is 14.0. The van der Waals surface area contributed by atoms with E-state index in [4.69, 9.17) is 9.84 Å².